The van der Waals surface area contributed by atoms with E-state index in [0.717, 1.165) is 11.8 Å². The minimum atomic E-state index is 0.847. The molecule has 0 fully saturated rings. The first-order valence-corrected chi connectivity index (χ1v) is 3.82. The monoisotopic (exact) mass is 124 g/mol. The van der Waals surface area contributed by atoms with Crippen molar-refractivity contribution >= 4 is 0 Å². The van der Waals surface area contributed by atoms with Gasteiger partial charge in [0.15, 0.2) is 0 Å². The number of rotatable bonds is 2. The number of hydrogen-bond acceptors (Lipinski definition) is 0. The average molecular weight is 124 g/mol. The summed E-state index contributed by atoms with van der Waals surface area (Å²) in [4.78, 5) is 0. The molecule has 0 aromatic rings. The third-order valence-electron chi connectivity index (χ3n) is 2.22. The standard InChI is InChI=1S/C9H16/c1-6(2)5-9-7(3)8(9)4/h6-7H,5H2,1-4H3. The van der Waals surface area contributed by atoms with Gasteiger partial charge in [0.1, 0.15) is 0 Å². The van der Waals surface area contributed by atoms with Crippen LogP contribution >= 0.6 is 0 Å². The molecule has 52 valence electrons. The van der Waals surface area contributed by atoms with Crippen LogP contribution in [-0.4, -0.2) is 0 Å². The van der Waals surface area contributed by atoms with Crippen molar-refractivity contribution in [3.05, 3.63) is 11.1 Å². The number of allylic oxidation sites excluding steroid dienone is 2. The lowest BCUT2D eigenvalue weighted by molar-refractivity contribution is 0.639. The zero-order valence-corrected chi connectivity index (χ0v) is 6.86. The van der Waals surface area contributed by atoms with Gasteiger partial charge in [0.05, 0.1) is 0 Å². The smallest absolute Gasteiger partial charge is 0.00184 e. The largest absolute Gasteiger partial charge is 0.0666 e. The van der Waals surface area contributed by atoms with Crippen molar-refractivity contribution in [1.29, 1.82) is 0 Å². The van der Waals surface area contributed by atoms with Crippen molar-refractivity contribution in [2.75, 3.05) is 0 Å². The summed E-state index contributed by atoms with van der Waals surface area (Å²) in [5.41, 5.74) is 3.36. The highest BCUT2D eigenvalue weighted by atomic mass is 14.3. The maximum Gasteiger partial charge on any atom is -0.00184 e. The fourth-order valence-electron chi connectivity index (χ4n) is 1.33. The van der Waals surface area contributed by atoms with Crippen LogP contribution in [0, 0.1) is 11.8 Å². The molecular formula is C9H16. The van der Waals surface area contributed by atoms with E-state index >= 15 is 0 Å². The molecule has 0 spiro atoms. The van der Waals surface area contributed by atoms with Gasteiger partial charge in [-0.1, -0.05) is 31.9 Å². The minimum absolute atomic E-state index is 0.847. The molecule has 0 aromatic carbocycles. The molecule has 0 amide bonds. The minimum Gasteiger partial charge on any atom is -0.0666 e. The van der Waals surface area contributed by atoms with Crippen LogP contribution in [-0.2, 0) is 0 Å². The lowest BCUT2D eigenvalue weighted by Crippen LogP contribution is -1.84. The van der Waals surface area contributed by atoms with Gasteiger partial charge in [-0.25, -0.2) is 0 Å². The summed E-state index contributed by atoms with van der Waals surface area (Å²) in [5.74, 6) is 1.70. The molecule has 0 N–H and O–H groups in total. The van der Waals surface area contributed by atoms with Gasteiger partial charge in [0, 0.05) is 0 Å². The van der Waals surface area contributed by atoms with E-state index in [-0.39, 0.29) is 0 Å². The highest BCUT2D eigenvalue weighted by molar-refractivity contribution is 5.38. The van der Waals surface area contributed by atoms with Crippen LogP contribution in [0.4, 0.5) is 0 Å². The lowest BCUT2D eigenvalue weighted by Gasteiger charge is -1.97. The van der Waals surface area contributed by atoms with Gasteiger partial charge in [0.2, 0.25) is 0 Å². The third-order valence-corrected chi connectivity index (χ3v) is 2.22. The van der Waals surface area contributed by atoms with Gasteiger partial charge in [-0.2, -0.15) is 0 Å². The summed E-state index contributed by atoms with van der Waals surface area (Å²) in [5, 5.41) is 0. The van der Waals surface area contributed by atoms with E-state index in [4.69, 9.17) is 0 Å². The van der Waals surface area contributed by atoms with Crippen LogP contribution in [0.3, 0.4) is 0 Å². The fraction of sp³-hybridized carbons (Fsp3) is 0.778. The second kappa shape index (κ2) is 2.17. The fourth-order valence-corrected chi connectivity index (χ4v) is 1.33. The topological polar surface area (TPSA) is 0 Å². The first-order chi connectivity index (χ1) is 4.13. The Bertz CT molecular complexity index is 140. The highest BCUT2D eigenvalue weighted by Gasteiger charge is 2.27. The van der Waals surface area contributed by atoms with Gasteiger partial charge < -0.3 is 0 Å². The molecule has 0 nitrogen and oxygen atoms in total. The zero-order chi connectivity index (χ0) is 7.02. The lowest BCUT2D eigenvalue weighted by atomic mass is 10.1. The second-order valence-electron chi connectivity index (χ2n) is 3.53. The van der Waals surface area contributed by atoms with Crippen LogP contribution < -0.4 is 0 Å². The van der Waals surface area contributed by atoms with E-state index in [0.29, 0.717) is 0 Å². The molecule has 0 saturated heterocycles. The molecule has 0 saturated carbocycles. The van der Waals surface area contributed by atoms with E-state index in [2.05, 4.69) is 27.7 Å². The number of hydrogen-bond donors (Lipinski definition) is 0. The summed E-state index contributed by atoms with van der Waals surface area (Å²) in [6.07, 6.45) is 1.33. The van der Waals surface area contributed by atoms with Crippen molar-refractivity contribution < 1.29 is 0 Å². The third kappa shape index (κ3) is 1.35. The van der Waals surface area contributed by atoms with E-state index in [1.807, 2.05) is 0 Å². The summed E-state index contributed by atoms with van der Waals surface area (Å²) in [6, 6.07) is 0. The SMILES string of the molecule is CC1=C(CC(C)C)C1C. The molecule has 1 unspecified atom stereocenters. The van der Waals surface area contributed by atoms with Crippen LogP contribution in [0.25, 0.3) is 0 Å². The Morgan fingerprint density at radius 2 is 1.89 bits per heavy atom. The van der Waals surface area contributed by atoms with Gasteiger partial charge in [0.25, 0.3) is 0 Å². The van der Waals surface area contributed by atoms with E-state index in [1.165, 1.54) is 6.42 Å². The summed E-state index contributed by atoms with van der Waals surface area (Å²) < 4.78 is 0. The average Bonchev–Trinajstić information content (AvgIpc) is 2.22. The van der Waals surface area contributed by atoms with Crippen molar-refractivity contribution in [2.45, 2.75) is 34.1 Å². The molecule has 1 rings (SSSR count). The van der Waals surface area contributed by atoms with E-state index in [1.54, 1.807) is 11.1 Å². The van der Waals surface area contributed by atoms with Crippen LogP contribution in [0.15, 0.2) is 11.1 Å². The van der Waals surface area contributed by atoms with Gasteiger partial charge in [-0.05, 0) is 25.2 Å². The molecule has 0 aliphatic heterocycles. The molecular weight excluding hydrogens is 108 g/mol. The Balaban J connectivity index is 2.32. The van der Waals surface area contributed by atoms with Crippen molar-refractivity contribution in [3.63, 3.8) is 0 Å². The van der Waals surface area contributed by atoms with Crippen LogP contribution in [0.1, 0.15) is 34.1 Å². The maximum absolute atomic E-state index is 2.30. The van der Waals surface area contributed by atoms with Crippen molar-refractivity contribution in [2.24, 2.45) is 11.8 Å². The zero-order valence-electron chi connectivity index (χ0n) is 6.86. The second-order valence-corrected chi connectivity index (χ2v) is 3.53. The van der Waals surface area contributed by atoms with E-state index < -0.39 is 0 Å². The van der Waals surface area contributed by atoms with Gasteiger partial charge in [-0.3, -0.25) is 0 Å². The summed E-state index contributed by atoms with van der Waals surface area (Å²) >= 11 is 0. The van der Waals surface area contributed by atoms with Gasteiger partial charge in [-0.15, -0.1) is 0 Å². The summed E-state index contributed by atoms with van der Waals surface area (Å²) in [6.45, 7) is 9.12. The van der Waals surface area contributed by atoms with Crippen molar-refractivity contribution in [3.8, 4) is 0 Å². The van der Waals surface area contributed by atoms with Crippen molar-refractivity contribution in [1.82, 2.24) is 0 Å². The Labute approximate surface area is 58.0 Å². The molecule has 9 heavy (non-hydrogen) atoms. The molecule has 1 aliphatic carbocycles. The summed E-state index contributed by atoms with van der Waals surface area (Å²) in [7, 11) is 0. The van der Waals surface area contributed by atoms with Crippen LogP contribution in [0.2, 0.25) is 0 Å². The first kappa shape index (κ1) is 6.85. The Morgan fingerprint density at radius 1 is 1.44 bits per heavy atom. The molecule has 0 radical (unpaired) electrons. The molecule has 1 atom stereocenters. The first-order valence-electron chi connectivity index (χ1n) is 3.82. The molecule has 1 aliphatic rings. The van der Waals surface area contributed by atoms with E-state index in [9.17, 15) is 0 Å². The predicted molar refractivity (Wildman–Crippen MR) is 41.3 cm³/mol. The Hall–Kier alpha value is -0.260. The maximum atomic E-state index is 2.30. The Morgan fingerprint density at radius 3 is 2.00 bits per heavy atom. The highest BCUT2D eigenvalue weighted by Crippen LogP contribution is 2.41. The molecule has 0 heteroatoms. The predicted octanol–water partition coefficient (Wildman–Crippen LogP) is 3.00. The molecule has 0 bridgehead atoms. The van der Waals surface area contributed by atoms with Crippen LogP contribution in [0.5, 0.6) is 0 Å². The normalized spacial score (nSPS) is 25.7. The quantitative estimate of drug-likeness (QED) is 0.496. The molecule has 0 aromatic heterocycles. The van der Waals surface area contributed by atoms with Gasteiger partial charge >= 0.3 is 0 Å². The molecule has 0 heterocycles. The Kier molecular flexibility index (Phi) is 1.65.